The van der Waals surface area contributed by atoms with Crippen molar-refractivity contribution in [3.8, 4) is 0 Å². The molecule has 0 spiro atoms. The molecule has 1 rings (SSSR count). The zero-order valence-electron chi connectivity index (χ0n) is 15.8. The molecular weight excluding hydrogens is 290 g/mol. The normalized spacial score (nSPS) is 20.4. The molecule has 1 fully saturated rings. The molecule has 0 aliphatic carbocycles. The molecule has 1 aliphatic heterocycles. The smallest absolute Gasteiger partial charge is 0.312 e. The van der Waals surface area contributed by atoms with Gasteiger partial charge >= 0.3 is 11.8 Å². The third kappa shape index (κ3) is 4.69. The van der Waals surface area contributed by atoms with Crippen molar-refractivity contribution in [2.24, 2.45) is 5.73 Å². The third-order valence-electron chi connectivity index (χ3n) is 4.68. The molecule has 5 heteroatoms. The number of carbonyl (C=O) groups excluding carboxylic acids is 2. The van der Waals surface area contributed by atoms with Gasteiger partial charge in [-0.2, -0.15) is 0 Å². The second kappa shape index (κ2) is 7.65. The highest BCUT2D eigenvalue weighted by atomic mass is 16.2. The Morgan fingerprint density at radius 2 is 1.57 bits per heavy atom. The van der Waals surface area contributed by atoms with E-state index in [1.807, 2.05) is 34.6 Å². The molecule has 1 saturated heterocycles. The summed E-state index contributed by atoms with van der Waals surface area (Å²) in [6.45, 7) is 13.5. The van der Waals surface area contributed by atoms with Gasteiger partial charge in [0.2, 0.25) is 0 Å². The van der Waals surface area contributed by atoms with Gasteiger partial charge in [-0.1, -0.05) is 20.3 Å². The average molecular weight is 325 g/mol. The summed E-state index contributed by atoms with van der Waals surface area (Å²) in [5, 5.41) is 0. The van der Waals surface area contributed by atoms with Crippen molar-refractivity contribution in [2.45, 2.75) is 90.8 Å². The first-order valence-corrected chi connectivity index (χ1v) is 8.96. The number of nitrogens with two attached hydrogens (primary N) is 1. The lowest BCUT2D eigenvalue weighted by atomic mass is 9.77. The van der Waals surface area contributed by atoms with Gasteiger partial charge in [0.05, 0.1) is 0 Å². The van der Waals surface area contributed by atoms with Crippen molar-refractivity contribution in [2.75, 3.05) is 13.1 Å². The van der Waals surface area contributed by atoms with Crippen LogP contribution in [0, 0.1) is 0 Å². The summed E-state index contributed by atoms with van der Waals surface area (Å²) >= 11 is 0. The molecule has 23 heavy (non-hydrogen) atoms. The standard InChI is InChI=1S/C18H35N3O2/c1-7-9-11-20(10-8-2)15(22)16(23)21-17(3,4)12-14(19)13-18(21,5)6/h14H,7-13,19H2,1-6H3. The van der Waals surface area contributed by atoms with E-state index in [0.717, 1.165) is 32.1 Å². The Morgan fingerprint density at radius 3 is 2.00 bits per heavy atom. The first-order valence-electron chi connectivity index (χ1n) is 8.96. The molecule has 0 atom stereocenters. The Balaban J connectivity index is 3.01. The van der Waals surface area contributed by atoms with Gasteiger partial charge in [-0.15, -0.1) is 0 Å². The molecule has 134 valence electrons. The van der Waals surface area contributed by atoms with Crippen LogP contribution in [-0.4, -0.2) is 51.8 Å². The maximum Gasteiger partial charge on any atom is 0.312 e. The van der Waals surface area contributed by atoms with Crippen LogP contribution in [0.25, 0.3) is 0 Å². The zero-order valence-corrected chi connectivity index (χ0v) is 15.8. The highest BCUT2D eigenvalue weighted by Gasteiger charge is 2.49. The first-order chi connectivity index (χ1) is 10.6. The number of rotatable bonds is 5. The van der Waals surface area contributed by atoms with Crippen LogP contribution in [0.4, 0.5) is 0 Å². The Kier molecular flexibility index (Phi) is 6.63. The number of carbonyl (C=O) groups is 2. The van der Waals surface area contributed by atoms with Crippen LogP contribution >= 0.6 is 0 Å². The quantitative estimate of drug-likeness (QED) is 0.790. The Morgan fingerprint density at radius 1 is 1.04 bits per heavy atom. The number of hydrogen-bond acceptors (Lipinski definition) is 3. The summed E-state index contributed by atoms with van der Waals surface area (Å²) in [4.78, 5) is 29.3. The molecule has 2 amide bonds. The van der Waals surface area contributed by atoms with Gasteiger partial charge in [-0.05, 0) is 53.4 Å². The van der Waals surface area contributed by atoms with Gasteiger partial charge in [-0.3, -0.25) is 9.59 Å². The van der Waals surface area contributed by atoms with Gasteiger partial charge in [0.15, 0.2) is 0 Å². The lowest BCUT2D eigenvalue weighted by molar-refractivity contribution is -0.163. The fraction of sp³-hybridized carbons (Fsp3) is 0.889. The number of piperidine rings is 1. The minimum Gasteiger partial charge on any atom is -0.334 e. The summed E-state index contributed by atoms with van der Waals surface area (Å²) in [6, 6.07) is 0.0611. The Labute approximate surface area is 141 Å². The number of likely N-dealkylation sites (tertiary alicyclic amines) is 1. The number of nitrogens with zero attached hydrogens (tertiary/aromatic N) is 2. The predicted octanol–water partition coefficient (Wildman–Crippen LogP) is 2.53. The molecule has 1 heterocycles. The van der Waals surface area contributed by atoms with E-state index in [0.29, 0.717) is 13.1 Å². The minimum absolute atomic E-state index is 0.0611. The molecule has 0 unspecified atom stereocenters. The monoisotopic (exact) mass is 325 g/mol. The van der Waals surface area contributed by atoms with Crippen LogP contribution < -0.4 is 5.73 Å². The fourth-order valence-electron chi connectivity index (χ4n) is 4.07. The van der Waals surface area contributed by atoms with Crippen LogP contribution in [0.5, 0.6) is 0 Å². The van der Waals surface area contributed by atoms with Gasteiger partial charge in [0.1, 0.15) is 0 Å². The lowest BCUT2D eigenvalue weighted by Gasteiger charge is -2.54. The van der Waals surface area contributed by atoms with E-state index in [9.17, 15) is 9.59 Å². The van der Waals surface area contributed by atoms with Gasteiger partial charge in [-0.25, -0.2) is 0 Å². The molecule has 1 aliphatic rings. The second-order valence-electron chi connectivity index (χ2n) is 8.08. The predicted molar refractivity (Wildman–Crippen MR) is 94.0 cm³/mol. The topological polar surface area (TPSA) is 66.6 Å². The summed E-state index contributed by atoms with van der Waals surface area (Å²) in [5.74, 6) is -0.742. The van der Waals surface area contributed by atoms with Crippen molar-refractivity contribution in [1.82, 2.24) is 9.80 Å². The molecule has 2 N–H and O–H groups in total. The van der Waals surface area contributed by atoms with Crippen LogP contribution in [0.15, 0.2) is 0 Å². The van der Waals surface area contributed by atoms with Crippen molar-refractivity contribution >= 4 is 11.8 Å². The minimum atomic E-state index is -0.406. The molecule has 0 radical (unpaired) electrons. The number of amides is 2. The summed E-state index contributed by atoms with van der Waals surface area (Å²) in [7, 11) is 0. The van der Waals surface area contributed by atoms with E-state index in [2.05, 4.69) is 6.92 Å². The molecule has 5 nitrogen and oxygen atoms in total. The van der Waals surface area contributed by atoms with E-state index in [-0.39, 0.29) is 17.9 Å². The van der Waals surface area contributed by atoms with E-state index < -0.39 is 11.1 Å². The molecule has 0 bridgehead atoms. The van der Waals surface area contributed by atoms with Crippen molar-refractivity contribution in [3.05, 3.63) is 0 Å². The lowest BCUT2D eigenvalue weighted by Crippen LogP contribution is -2.67. The van der Waals surface area contributed by atoms with E-state index in [1.165, 1.54) is 0 Å². The Hall–Kier alpha value is -1.10. The fourth-order valence-corrected chi connectivity index (χ4v) is 4.07. The van der Waals surface area contributed by atoms with E-state index in [4.69, 9.17) is 5.73 Å². The third-order valence-corrected chi connectivity index (χ3v) is 4.68. The van der Waals surface area contributed by atoms with Crippen LogP contribution in [0.3, 0.4) is 0 Å². The van der Waals surface area contributed by atoms with Crippen molar-refractivity contribution in [1.29, 1.82) is 0 Å². The first kappa shape index (κ1) is 19.9. The van der Waals surface area contributed by atoms with Gasteiger partial charge < -0.3 is 15.5 Å². The maximum absolute atomic E-state index is 13.0. The molecule has 0 aromatic rings. The van der Waals surface area contributed by atoms with Gasteiger partial charge in [0, 0.05) is 30.2 Å². The average Bonchev–Trinajstić information content (AvgIpc) is 2.39. The SMILES string of the molecule is CCCCN(CCC)C(=O)C(=O)N1C(C)(C)CC(N)CC1(C)C. The molecule has 0 saturated carbocycles. The zero-order chi connectivity index (χ0) is 17.8. The van der Waals surface area contributed by atoms with E-state index in [1.54, 1.807) is 9.80 Å². The van der Waals surface area contributed by atoms with Gasteiger partial charge in [0.25, 0.3) is 0 Å². The second-order valence-corrected chi connectivity index (χ2v) is 8.08. The number of hydrogen-bond donors (Lipinski definition) is 1. The van der Waals surface area contributed by atoms with E-state index >= 15 is 0 Å². The highest BCUT2D eigenvalue weighted by Crippen LogP contribution is 2.38. The van der Waals surface area contributed by atoms with Crippen LogP contribution in [0.1, 0.15) is 73.6 Å². The van der Waals surface area contributed by atoms with Crippen LogP contribution in [-0.2, 0) is 9.59 Å². The Bertz CT molecular complexity index is 414. The molecule has 0 aromatic heterocycles. The van der Waals surface area contributed by atoms with Crippen molar-refractivity contribution < 1.29 is 9.59 Å². The van der Waals surface area contributed by atoms with Crippen molar-refractivity contribution in [3.63, 3.8) is 0 Å². The highest BCUT2D eigenvalue weighted by molar-refractivity contribution is 6.35. The molecule has 0 aromatic carbocycles. The summed E-state index contributed by atoms with van der Waals surface area (Å²) in [5.41, 5.74) is 5.35. The number of unbranched alkanes of at least 4 members (excludes halogenated alkanes) is 1. The summed E-state index contributed by atoms with van der Waals surface area (Å²) in [6.07, 6.45) is 4.24. The molecular formula is C18H35N3O2. The maximum atomic E-state index is 13.0. The largest absolute Gasteiger partial charge is 0.334 e. The van der Waals surface area contributed by atoms with Crippen LogP contribution in [0.2, 0.25) is 0 Å². The summed E-state index contributed by atoms with van der Waals surface area (Å²) < 4.78 is 0.